The first-order chi connectivity index (χ1) is 20.0. The SMILES string of the molecule is CN1CCN(c2ccc(NC(=O)Nc3ccc(-c4nc5c(c(N6C7CCC6COC7)n4)CN(C)C5)cc3)cc2)CC1. The summed E-state index contributed by atoms with van der Waals surface area (Å²) in [4.78, 5) is 32.3. The summed E-state index contributed by atoms with van der Waals surface area (Å²) in [7, 11) is 4.29. The zero-order chi connectivity index (χ0) is 27.9. The minimum Gasteiger partial charge on any atom is -0.377 e. The van der Waals surface area contributed by atoms with Gasteiger partial charge >= 0.3 is 6.03 Å². The zero-order valence-corrected chi connectivity index (χ0v) is 23.8. The number of benzene rings is 2. The van der Waals surface area contributed by atoms with Gasteiger partial charge in [-0.05, 0) is 75.5 Å². The molecule has 4 aliphatic heterocycles. The molecule has 3 saturated heterocycles. The number of carbonyl (C=O) groups excluding carboxylic acids is 1. The van der Waals surface area contributed by atoms with Gasteiger partial charge in [0.2, 0.25) is 0 Å². The second-order valence-corrected chi connectivity index (χ2v) is 11.8. The highest BCUT2D eigenvalue weighted by Gasteiger charge is 2.40. The maximum atomic E-state index is 12.7. The lowest BCUT2D eigenvalue weighted by molar-refractivity contribution is 0.0901. The number of likely N-dealkylation sites (N-methyl/N-ethyl adjacent to an activating group) is 1. The lowest BCUT2D eigenvalue weighted by Crippen LogP contribution is -2.47. The Hall–Kier alpha value is -3.73. The van der Waals surface area contributed by atoms with Gasteiger partial charge in [-0.25, -0.2) is 14.8 Å². The second kappa shape index (κ2) is 10.9. The van der Waals surface area contributed by atoms with Gasteiger partial charge in [-0.2, -0.15) is 0 Å². The first-order valence-electron chi connectivity index (χ1n) is 14.7. The number of nitrogens with zero attached hydrogens (tertiary/aromatic N) is 6. The molecule has 2 atom stereocenters. The van der Waals surface area contributed by atoms with Gasteiger partial charge in [0, 0.05) is 67.5 Å². The number of carbonyl (C=O) groups is 1. The molecule has 1 aromatic heterocycles. The molecule has 10 heteroatoms. The molecule has 0 radical (unpaired) electrons. The van der Waals surface area contributed by atoms with Gasteiger partial charge in [0.1, 0.15) is 5.82 Å². The van der Waals surface area contributed by atoms with E-state index in [-0.39, 0.29) is 6.03 Å². The van der Waals surface area contributed by atoms with E-state index in [2.05, 4.69) is 56.5 Å². The number of anilines is 4. The number of hydrogen-bond acceptors (Lipinski definition) is 8. The third kappa shape index (κ3) is 5.35. The van der Waals surface area contributed by atoms with Crippen molar-refractivity contribution in [2.75, 3.05) is 73.9 Å². The zero-order valence-electron chi connectivity index (χ0n) is 23.8. The first-order valence-corrected chi connectivity index (χ1v) is 14.7. The Kier molecular flexibility index (Phi) is 6.98. The van der Waals surface area contributed by atoms with E-state index in [1.807, 2.05) is 36.4 Å². The van der Waals surface area contributed by atoms with Gasteiger partial charge in [0.15, 0.2) is 5.82 Å². The summed E-state index contributed by atoms with van der Waals surface area (Å²) in [6, 6.07) is 16.3. The summed E-state index contributed by atoms with van der Waals surface area (Å²) in [6.45, 7) is 7.39. The number of urea groups is 1. The Labute approximate surface area is 241 Å². The van der Waals surface area contributed by atoms with Gasteiger partial charge in [-0.15, -0.1) is 0 Å². The summed E-state index contributed by atoms with van der Waals surface area (Å²) in [5, 5.41) is 5.89. The fraction of sp³-hybridized carbons (Fsp3) is 0.452. The molecular formula is C31H38N8O2. The molecule has 2 bridgehead atoms. The maximum absolute atomic E-state index is 12.7. The summed E-state index contributed by atoms with van der Waals surface area (Å²) >= 11 is 0. The number of nitrogens with one attached hydrogen (secondary N) is 2. The van der Waals surface area contributed by atoms with Crippen molar-refractivity contribution in [3.05, 3.63) is 59.8 Å². The summed E-state index contributed by atoms with van der Waals surface area (Å²) < 4.78 is 5.84. The average molecular weight is 555 g/mol. The van der Waals surface area contributed by atoms with E-state index in [1.165, 1.54) is 11.3 Å². The van der Waals surface area contributed by atoms with Crippen LogP contribution in [0.25, 0.3) is 11.4 Å². The van der Waals surface area contributed by atoms with Crippen LogP contribution < -0.4 is 20.4 Å². The predicted molar refractivity (Wildman–Crippen MR) is 162 cm³/mol. The third-order valence-electron chi connectivity index (χ3n) is 8.80. The van der Waals surface area contributed by atoms with Crippen LogP contribution in [0.1, 0.15) is 24.1 Å². The number of rotatable bonds is 5. The number of piperazine rings is 1. The lowest BCUT2D eigenvalue weighted by atomic mass is 10.1. The van der Waals surface area contributed by atoms with Crippen molar-refractivity contribution in [2.45, 2.75) is 38.0 Å². The molecule has 7 rings (SSSR count). The third-order valence-corrected chi connectivity index (χ3v) is 8.80. The van der Waals surface area contributed by atoms with E-state index in [1.54, 1.807) is 0 Å². The molecule has 2 aromatic carbocycles. The van der Waals surface area contributed by atoms with Crippen molar-refractivity contribution < 1.29 is 9.53 Å². The predicted octanol–water partition coefficient (Wildman–Crippen LogP) is 3.85. The highest BCUT2D eigenvalue weighted by atomic mass is 16.5. The molecule has 5 heterocycles. The molecule has 10 nitrogen and oxygen atoms in total. The molecule has 3 fully saturated rings. The summed E-state index contributed by atoms with van der Waals surface area (Å²) in [5.41, 5.74) is 5.96. The van der Waals surface area contributed by atoms with E-state index >= 15 is 0 Å². The van der Waals surface area contributed by atoms with Gasteiger partial charge in [-0.1, -0.05) is 0 Å². The minimum absolute atomic E-state index is 0.271. The average Bonchev–Trinajstić information content (AvgIpc) is 3.47. The van der Waals surface area contributed by atoms with Crippen molar-refractivity contribution in [3.8, 4) is 11.4 Å². The summed E-state index contributed by atoms with van der Waals surface area (Å²) in [6.07, 6.45) is 2.30. The molecule has 2 N–H and O–H groups in total. The molecular weight excluding hydrogens is 516 g/mol. The topological polar surface area (TPSA) is 89.1 Å². The fourth-order valence-electron chi connectivity index (χ4n) is 6.52. The van der Waals surface area contributed by atoms with E-state index in [4.69, 9.17) is 14.7 Å². The Bertz CT molecular complexity index is 1390. The van der Waals surface area contributed by atoms with Gasteiger partial charge in [0.05, 0.1) is 31.0 Å². The number of aromatic nitrogens is 2. The van der Waals surface area contributed by atoms with Crippen molar-refractivity contribution in [2.24, 2.45) is 0 Å². The molecule has 0 spiro atoms. The van der Waals surface area contributed by atoms with E-state index < -0.39 is 0 Å². The monoisotopic (exact) mass is 554 g/mol. The van der Waals surface area contributed by atoms with Crippen LogP contribution in [0.15, 0.2) is 48.5 Å². The normalized spacial score (nSPS) is 22.6. The van der Waals surface area contributed by atoms with Crippen molar-refractivity contribution >= 4 is 28.9 Å². The minimum atomic E-state index is -0.271. The standard InChI is InChI=1S/C31H38N8O2/c1-36-13-15-38(16-14-36)24-9-7-23(8-10-24)33-31(40)32-22-5-3-21(4-6-22)29-34-28-18-37(2)17-27(28)30(35-29)39-25-11-12-26(39)20-41-19-25/h3-10,25-26H,11-20H2,1-2H3,(H2,32,33,40). The summed E-state index contributed by atoms with van der Waals surface area (Å²) in [5.74, 6) is 1.81. The molecule has 214 valence electrons. The van der Waals surface area contributed by atoms with Gasteiger partial charge in [0.25, 0.3) is 0 Å². The Morgan fingerprint density at radius 3 is 2.10 bits per heavy atom. The Balaban J connectivity index is 1.03. The van der Waals surface area contributed by atoms with Crippen LogP contribution in [-0.2, 0) is 17.8 Å². The van der Waals surface area contributed by atoms with E-state index in [0.29, 0.717) is 17.8 Å². The van der Waals surface area contributed by atoms with Crippen molar-refractivity contribution in [1.29, 1.82) is 0 Å². The Morgan fingerprint density at radius 1 is 0.805 bits per heavy atom. The van der Waals surface area contributed by atoms with Gasteiger partial charge < -0.3 is 30.1 Å². The molecule has 3 aromatic rings. The number of hydrogen-bond donors (Lipinski definition) is 2. The van der Waals surface area contributed by atoms with Crippen LogP contribution in [0.2, 0.25) is 0 Å². The molecule has 0 saturated carbocycles. The second-order valence-electron chi connectivity index (χ2n) is 11.8. The smallest absolute Gasteiger partial charge is 0.323 e. The van der Waals surface area contributed by atoms with E-state index in [0.717, 1.165) is 93.9 Å². The molecule has 2 amide bonds. The molecule has 0 aliphatic carbocycles. The van der Waals surface area contributed by atoms with Crippen LogP contribution in [0, 0.1) is 0 Å². The highest BCUT2D eigenvalue weighted by molar-refractivity contribution is 5.99. The maximum Gasteiger partial charge on any atom is 0.323 e. The molecule has 41 heavy (non-hydrogen) atoms. The highest BCUT2D eigenvalue weighted by Crippen LogP contribution is 2.39. The van der Waals surface area contributed by atoms with Crippen LogP contribution in [0.3, 0.4) is 0 Å². The van der Waals surface area contributed by atoms with Gasteiger partial charge in [-0.3, -0.25) is 4.90 Å². The Morgan fingerprint density at radius 2 is 1.44 bits per heavy atom. The van der Waals surface area contributed by atoms with Crippen LogP contribution in [0.5, 0.6) is 0 Å². The van der Waals surface area contributed by atoms with E-state index in [9.17, 15) is 4.79 Å². The fourth-order valence-corrected chi connectivity index (χ4v) is 6.52. The van der Waals surface area contributed by atoms with Crippen LogP contribution in [-0.4, -0.2) is 91.4 Å². The first kappa shape index (κ1) is 26.2. The lowest BCUT2D eigenvalue weighted by Gasteiger charge is -2.36. The van der Waals surface area contributed by atoms with Crippen LogP contribution in [0.4, 0.5) is 27.7 Å². The number of fused-ring (bicyclic) bond motifs is 3. The molecule has 4 aliphatic rings. The number of ether oxygens (including phenoxy) is 1. The quantitative estimate of drug-likeness (QED) is 0.492. The van der Waals surface area contributed by atoms with Crippen LogP contribution >= 0.6 is 0 Å². The number of morpholine rings is 1. The van der Waals surface area contributed by atoms with Crippen molar-refractivity contribution in [1.82, 2.24) is 19.8 Å². The number of amides is 2. The van der Waals surface area contributed by atoms with Crippen molar-refractivity contribution in [3.63, 3.8) is 0 Å². The largest absolute Gasteiger partial charge is 0.377 e. The molecule has 2 unspecified atom stereocenters.